The molecule has 1 aromatic carbocycles. The zero-order chi connectivity index (χ0) is 23.8. The van der Waals surface area contributed by atoms with Crippen LogP contribution in [0.25, 0.3) is 0 Å². The molecular formula is C27H40O4. The fourth-order valence-corrected chi connectivity index (χ4v) is 3.70. The van der Waals surface area contributed by atoms with Gasteiger partial charge in [0.05, 0.1) is 14.2 Å². The Morgan fingerprint density at radius 3 is 1.71 bits per heavy atom. The Labute approximate surface area is 188 Å². The molecule has 0 aromatic heterocycles. The highest BCUT2D eigenvalue weighted by Gasteiger charge is 2.34. The van der Waals surface area contributed by atoms with Gasteiger partial charge in [0, 0.05) is 17.0 Å². The highest BCUT2D eigenvalue weighted by molar-refractivity contribution is 5.81. The highest BCUT2D eigenvalue weighted by Crippen LogP contribution is 2.43. The first-order chi connectivity index (χ1) is 14.1. The van der Waals surface area contributed by atoms with E-state index in [1.807, 2.05) is 24.3 Å². The molecule has 4 nitrogen and oxygen atoms in total. The maximum Gasteiger partial charge on any atom is 0.325 e. The van der Waals surface area contributed by atoms with Crippen LogP contribution in [0.5, 0.6) is 11.5 Å². The van der Waals surface area contributed by atoms with Gasteiger partial charge < -0.3 is 14.2 Å². The van der Waals surface area contributed by atoms with Crippen LogP contribution in [0.3, 0.4) is 0 Å². The van der Waals surface area contributed by atoms with E-state index >= 15 is 0 Å². The summed E-state index contributed by atoms with van der Waals surface area (Å²) < 4.78 is 17.3. The Kier molecular flexibility index (Phi) is 7.04. The van der Waals surface area contributed by atoms with Gasteiger partial charge in [0.25, 0.3) is 0 Å². The van der Waals surface area contributed by atoms with E-state index in [0.29, 0.717) is 11.5 Å². The molecular weight excluding hydrogens is 388 g/mol. The van der Waals surface area contributed by atoms with Gasteiger partial charge in [-0.25, -0.2) is 0 Å². The highest BCUT2D eigenvalue weighted by atomic mass is 16.5. The number of hydrogen-bond donors (Lipinski definition) is 0. The summed E-state index contributed by atoms with van der Waals surface area (Å²) in [6.45, 7) is 19.2. The lowest BCUT2D eigenvalue weighted by molar-refractivity contribution is -0.137. The molecule has 1 aromatic rings. The van der Waals surface area contributed by atoms with E-state index in [1.54, 1.807) is 14.2 Å². The zero-order valence-corrected chi connectivity index (χ0v) is 21.2. The molecule has 0 saturated carbocycles. The molecule has 0 fully saturated rings. The molecule has 0 heterocycles. The third kappa shape index (κ3) is 5.72. The summed E-state index contributed by atoms with van der Waals surface area (Å²) in [6, 6.07) is 3.94. The number of esters is 1. The van der Waals surface area contributed by atoms with Gasteiger partial charge in [-0.15, -0.1) is 0 Å². The number of carbonyl (C=O) groups excluding carboxylic acids is 1. The van der Waals surface area contributed by atoms with Crippen molar-refractivity contribution < 1.29 is 19.0 Å². The first-order valence-electron chi connectivity index (χ1n) is 11.0. The van der Waals surface area contributed by atoms with Gasteiger partial charge in [-0.2, -0.15) is 0 Å². The van der Waals surface area contributed by atoms with Crippen molar-refractivity contribution in [1.82, 2.24) is 0 Å². The minimum absolute atomic E-state index is 0.0456. The maximum atomic E-state index is 13.4. The minimum atomic E-state index is -0.564. The zero-order valence-electron chi connectivity index (χ0n) is 21.2. The van der Waals surface area contributed by atoms with Gasteiger partial charge in [-0.1, -0.05) is 74.5 Å². The molecule has 0 amide bonds. The molecule has 0 N–H and O–H groups in total. The molecule has 1 aliphatic carbocycles. The van der Waals surface area contributed by atoms with Crippen molar-refractivity contribution >= 4 is 5.97 Å². The van der Waals surface area contributed by atoms with Crippen LogP contribution in [0.2, 0.25) is 0 Å². The quantitative estimate of drug-likeness (QED) is 0.309. The molecule has 1 aliphatic rings. The second-order valence-corrected chi connectivity index (χ2v) is 11.5. The van der Waals surface area contributed by atoms with E-state index in [1.165, 1.54) is 0 Å². The fraction of sp³-hybridized carbons (Fsp3) is 0.593. The summed E-state index contributed by atoms with van der Waals surface area (Å²) in [5.41, 5.74) is 1.47. The van der Waals surface area contributed by atoms with Gasteiger partial charge in [0.15, 0.2) is 0 Å². The Bertz CT molecular complexity index is 835. The topological polar surface area (TPSA) is 44.8 Å². The van der Waals surface area contributed by atoms with E-state index < -0.39 is 5.92 Å². The molecule has 2 unspecified atom stereocenters. The van der Waals surface area contributed by atoms with Crippen molar-refractivity contribution in [3.63, 3.8) is 0 Å². The molecule has 0 radical (unpaired) electrons. The molecule has 0 spiro atoms. The molecule has 0 bridgehead atoms. The largest absolute Gasteiger partial charge is 0.500 e. The van der Waals surface area contributed by atoms with Crippen LogP contribution in [0, 0.1) is 17.3 Å². The van der Waals surface area contributed by atoms with E-state index in [0.717, 1.165) is 16.9 Å². The molecule has 172 valence electrons. The van der Waals surface area contributed by atoms with Gasteiger partial charge in [0.1, 0.15) is 23.2 Å². The van der Waals surface area contributed by atoms with Crippen molar-refractivity contribution in [2.24, 2.45) is 17.3 Å². The third-order valence-corrected chi connectivity index (χ3v) is 5.77. The van der Waals surface area contributed by atoms with E-state index in [2.05, 4.69) is 68.4 Å². The average Bonchev–Trinajstić information content (AvgIpc) is 2.64. The molecule has 2 rings (SSSR count). The summed E-state index contributed by atoms with van der Waals surface area (Å²) in [6.07, 6.45) is 6.03. The van der Waals surface area contributed by atoms with Crippen LogP contribution in [-0.2, 0) is 20.4 Å². The Morgan fingerprint density at radius 1 is 0.806 bits per heavy atom. The van der Waals surface area contributed by atoms with Gasteiger partial charge in [-0.3, -0.25) is 4.79 Å². The number of benzene rings is 1. The molecule has 2 atom stereocenters. The smallest absolute Gasteiger partial charge is 0.325 e. The van der Waals surface area contributed by atoms with Crippen molar-refractivity contribution in [3.8, 4) is 11.5 Å². The summed E-state index contributed by atoms with van der Waals surface area (Å²) >= 11 is 0. The molecule has 31 heavy (non-hydrogen) atoms. The van der Waals surface area contributed by atoms with E-state index in [4.69, 9.17) is 14.2 Å². The van der Waals surface area contributed by atoms with Gasteiger partial charge in [0.2, 0.25) is 0 Å². The summed E-state index contributed by atoms with van der Waals surface area (Å²) in [5, 5.41) is 0. The van der Waals surface area contributed by atoms with Crippen LogP contribution < -0.4 is 9.47 Å². The Hall–Kier alpha value is -2.23. The standard InChI is InChI=1S/C27H40O4/c1-25(2,3)17-12-13-19(22(14-17)30-11)24(28)31-23-20(26(4,5)6)15-18(29-10)16-21(23)27(7,8)9/h12-17,19H,1-11H3. The lowest BCUT2D eigenvalue weighted by atomic mass is 9.77. The second kappa shape index (κ2) is 8.72. The molecule has 0 saturated heterocycles. The predicted molar refractivity (Wildman–Crippen MR) is 127 cm³/mol. The predicted octanol–water partition coefficient (Wildman–Crippen LogP) is 6.57. The van der Waals surface area contributed by atoms with Crippen molar-refractivity contribution in [2.75, 3.05) is 14.2 Å². The normalized spacial score (nSPS) is 19.6. The van der Waals surface area contributed by atoms with Gasteiger partial charge >= 0.3 is 5.97 Å². The van der Waals surface area contributed by atoms with E-state index in [9.17, 15) is 4.79 Å². The van der Waals surface area contributed by atoms with Crippen LogP contribution in [0.15, 0.2) is 36.1 Å². The average molecular weight is 429 g/mol. The molecule has 4 heteroatoms. The summed E-state index contributed by atoms with van der Waals surface area (Å²) in [4.78, 5) is 13.4. The number of ether oxygens (including phenoxy) is 3. The lowest BCUT2D eigenvalue weighted by Crippen LogP contribution is -2.29. The van der Waals surface area contributed by atoms with Crippen molar-refractivity contribution in [3.05, 3.63) is 47.2 Å². The van der Waals surface area contributed by atoms with Crippen molar-refractivity contribution in [1.29, 1.82) is 0 Å². The SMILES string of the molecule is COC1=CC(C(C)(C)C)C=CC1C(=O)Oc1c(C(C)(C)C)cc(OC)cc1C(C)(C)C. The maximum absolute atomic E-state index is 13.4. The van der Waals surface area contributed by atoms with Crippen LogP contribution in [0.4, 0.5) is 0 Å². The third-order valence-electron chi connectivity index (χ3n) is 5.77. The molecule has 0 aliphatic heterocycles. The summed E-state index contributed by atoms with van der Waals surface area (Å²) in [7, 11) is 3.27. The number of allylic oxidation sites excluding steroid dienone is 2. The first-order valence-corrected chi connectivity index (χ1v) is 11.0. The van der Waals surface area contributed by atoms with Gasteiger partial charge in [-0.05, 0) is 34.5 Å². The van der Waals surface area contributed by atoms with Crippen LogP contribution in [0.1, 0.15) is 73.4 Å². The number of hydrogen-bond acceptors (Lipinski definition) is 4. The fourth-order valence-electron chi connectivity index (χ4n) is 3.70. The van der Waals surface area contributed by atoms with Crippen LogP contribution >= 0.6 is 0 Å². The number of rotatable bonds is 4. The van der Waals surface area contributed by atoms with Crippen LogP contribution in [-0.4, -0.2) is 20.2 Å². The second-order valence-electron chi connectivity index (χ2n) is 11.5. The lowest BCUT2D eigenvalue weighted by Gasteiger charge is -2.32. The Balaban J connectivity index is 2.53. The van der Waals surface area contributed by atoms with Crippen molar-refractivity contribution in [2.45, 2.75) is 73.1 Å². The minimum Gasteiger partial charge on any atom is -0.500 e. The number of carbonyl (C=O) groups is 1. The van der Waals surface area contributed by atoms with E-state index in [-0.39, 0.29) is 28.1 Å². The first kappa shape index (κ1) is 25.0. The Morgan fingerprint density at radius 2 is 1.32 bits per heavy atom. The summed E-state index contributed by atoms with van der Waals surface area (Å²) in [5.74, 6) is 1.31. The number of methoxy groups -OCH3 is 2. The monoisotopic (exact) mass is 428 g/mol.